The summed E-state index contributed by atoms with van der Waals surface area (Å²) in [5, 5.41) is 12.7. The van der Waals surface area contributed by atoms with Crippen molar-refractivity contribution in [2.45, 2.75) is 45.2 Å². The summed E-state index contributed by atoms with van der Waals surface area (Å²) in [7, 11) is 0. The van der Waals surface area contributed by atoms with E-state index in [-0.39, 0.29) is 6.61 Å². The molecule has 1 fully saturated rings. The molecule has 0 heterocycles. The molecule has 1 aliphatic rings. The first kappa shape index (κ1) is 12.6. The molecular weight excluding hydrogens is 210 g/mol. The first-order valence-electron chi connectivity index (χ1n) is 6.65. The van der Waals surface area contributed by atoms with Crippen molar-refractivity contribution in [1.82, 2.24) is 5.32 Å². The maximum absolute atomic E-state index is 8.99. The van der Waals surface area contributed by atoms with Crippen LogP contribution in [0, 0.1) is 12.8 Å². The second-order valence-corrected chi connectivity index (χ2v) is 5.25. The van der Waals surface area contributed by atoms with E-state index in [0.717, 1.165) is 12.3 Å². The Labute approximate surface area is 104 Å². The number of hydrogen-bond acceptors (Lipinski definition) is 2. The van der Waals surface area contributed by atoms with E-state index >= 15 is 0 Å². The number of rotatable bonds is 6. The summed E-state index contributed by atoms with van der Waals surface area (Å²) in [6.45, 7) is 4.60. The molecule has 0 radical (unpaired) electrons. The Hall–Kier alpha value is -0.860. The number of hydrogen-bond donors (Lipinski definition) is 2. The number of aliphatic hydroxyl groups is 1. The minimum Gasteiger partial charge on any atom is -0.396 e. The minimum atomic E-state index is 0.263. The van der Waals surface area contributed by atoms with Gasteiger partial charge >= 0.3 is 0 Å². The second kappa shape index (κ2) is 5.65. The minimum absolute atomic E-state index is 0.263. The predicted octanol–water partition coefficient (Wildman–Crippen LogP) is 2.81. The topological polar surface area (TPSA) is 32.3 Å². The molecule has 1 aromatic rings. The second-order valence-electron chi connectivity index (χ2n) is 5.25. The molecule has 2 N–H and O–H groups in total. The predicted molar refractivity (Wildman–Crippen MR) is 70.9 cm³/mol. The van der Waals surface area contributed by atoms with Gasteiger partial charge in [0.05, 0.1) is 0 Å². The van der Waals surface area contributed by atoms with Crippen LogP contribution in [0.15, 0.2) is 24.3 Å². The fourth-order valence-corrected chi connectivity index (χ4v) is 2.43. The molecule has 17 heavy (non-hydrogen) atoms. The molecule has 2 nitrogen and oxygen atoms in total. The van der Waals surface area contributed by atoms with Crippen molar-refractivity contribution in [3.8, 4) is 0 Å². The summed E-state index contributed by atoms with van der Waals surface area (Å²) in [5.41, 5.74) is 2.80. The lowest BCUT2D eigenvalue weighted by atomic mass is 9.96. The average Bonchev–Trinajstić information content (AvgIpc) is 3.11. The Morgan fingerprint density at radius 1 is 1.35 bits per heavy atom. The molecule has 0 spiro atoms. The summed E-state index contributed by atoms with van der Waals surface area (Å²) in [6.07, 6.45) is 3.49. The van der Waals surface area contributed by atoms with Gasteiger partial charge in [-0.25, -0.2) is 0 Å². The summed E-state index contributed by atoms with van der Waals surface area (Å²) in [5.74, 6) is 0.789. The van der Waals surface area contributed by atoms with Gasteiger partial charge in [-0.1, -0.05) is 24.3 Å². The third-order valence-corrected chi connectivity index (χ3v) is 3.64. The average molecular weight is 233 g/mol. The van der Waals surface area contributed by atoms with Gasteiger partial charge in [-0.2, -0.15) is 0 Å². The van der Waals surface area contributed by atoms with E-state index < -0.39 is 0 Å². The van der Waals surface area contributed by atoms with Gasteiger partial charge in [0.1, 0.15) is 0 Å². The quantitative estimate of drug-likeness (QED) is 0.792. The molecule has 1 aliphatic carbocycles. The lowest BCUT2D eigenvalue weighted by molar-refractivity contribution is 0.260. The standard InChI is InChI=1S/C15H23NO/c1-11-5-3-4-6-14(11)15(13-7-8-13)16-12(2)9-10-17/h3-6,12-13,15-17H,7-10H2,1-2H3. The van der Waals surface area contributed by atoms with Crippen LogP contribution in [0.5, 0.6) is 0 Å². The van der Waals surface area contributed by atoms with Gasteiger partial charge in [0.25, 0.3) is 0 Å². The van der Waals surface area contributed by atoms with Gasteiger partial charge in [0.15, 0.2) is 0 Å². The van der Waals surface area contributed by atoms with E-state index in [4.69, 9.17) is 5.11 Å². The van der Waals surface area contributed by atoms with Crippen molar-refractivity contribution in [3.63, 3.8) is 0 Å². The molecule has 94 valence electrons. The van der Waals surface area contributed by atoms with Crippen molar-refractivity contribution < 1.29 is 5.11 Å². The molecule has 2 rings (SSSR count). The van der Waals surface area contributed by atoms with Crippen LogP contribution < -0.4 is 5.32 Å². The largest absolute Gasteiger partial charge is 0.396 e. The lowest BCUT2D eigenvalue weighted by Gasteiger charge is -2.24. The maximum Gasteiger partial charge on any atom is 0.0445 e. The zero-order valence-corrected chi connectivity index (χ0v) is 10.8. The van der Waals surface area contributed by atoms with Gasteiger partial charge < -0.3 is 10.4 Å². The first-order valence-corrected chi connectivity index (χ1v) is 6.65. The van der Waals surface area contributed by atoms with Gasteiger partial charge in [0.2, 0.25) is 0 Å². The number of aryl methyl sites for hydroxylation is 1. The fraction of sp³-hybridized carbons (Fsp3) is 0.600. The highest BCUT2D eigenvalue weighted by Gasteiger charge is 2.33. The SMILES string of the molecule is Cc1ccccc1C(NC(C)CCO)C1CC1. The van der Waals surface area contributed by atoms with Crippen LogP contribution in [-0.4, -0.2) is 17.8 Å². The molecule has 1 aromatic carbocycles. The third kappa shape index (κ3) is 3.30. The smallest absolute Gasteiger partial charge is 0.0445 e. The summed E-state index contributed by atoms with van der Waals surface area (Å²) < 4.78 is 0. The van der Waals surface area contributed by atoms with Gasteiger partial charge in [-0.15, -0.1) is 0 Å². The van der Waals surface area contributed by atoms with Gasteiger partial charge in [-0.05, 0) is 50.2 Å². The Balaban J connectivity index is 2.09. The zero-order chi connectivity index (χ0) is 12.3. The van der Waals surface area contributed by atoms with Gasteiger partial charge in [0, 0.05) is 18.7 Å². The molecule has 0 bridgehead atoms. The van der Waals surface area contributed by atoms with E-state index in [1.165, 1.54) is 24.0 Å². The summed E-state index contributed by atoms with van der Waals surface area (Å²) in [4.78, 5) is 0. The summed E-state index contributed by atoms with van der Waals surface area (Å²) >= 11 is 0. The third-order valence-electron chi connectivity index (χ3n) is 3.64. The van der Waals surface area contributed by atoms with E-state index in [0.29, 0.717) is 12.1 Å². The van der Waals surface area contributed by atoms with Crippen LogP contribution in [0.4, 0.5) is 0 Å². The van der Waals surface area contributed by atoms with Crippen molar-refractivity contribution in [1.29, 1.82) is 0 Å². The highest BCUT2D eigenvalue weighted by atomic mass is 16.3. The highest BCUT2D eigenvalue weighted by molar-refractivity contribution is 5.30. The molecule has 1 saturated carbocycles. The Kier molecular flexibility index (Phi) is 4.19. The zero-order valence-electron chi connectivity index (χ0n) is 10.8. The van der Waals surface area contributed by atoms with Crippen molar-refractivity contribution in [3.05, 3.63) is 35.4 Å². The Morgan fingerprint density at radius 2 is 2.06 bits per heavy atom. The van der Waals surface area contributed by atoms with Crippen molar-refractivity contribution in [2.24, 2.45) is 5.92 Å². The van der Waals surface area contributed by atoms with E-state index in [2.05, 4.69) is 43.4 Å². The molecule has 0 amide bonds. The number of nitrogens with one attached hydrogen (secondary N) is 1. The monoisotopic (exact) mass is 233 g/mol. The highest BCUT2D eigenvalue weighted by Crippen LogP contribution is 2.42. The van der Waals surface area contributed by atoms with Gasteiger partial charge in [-0.3, -0.25) is 0 Å². The molecule has 2 atom stereocenters. The lowest BCUT2D eigenvalue weighted by Crippen LogP contribution is -2.32. The Morgan fingerprint density at radius 3 is 2.65 bits per heavy atom. The molecule has 0 aromatic heterocycles. The molecular formula is C15H23NO. The maximum atomic E-state index is 8.99. The van der Waals surface area contributed by atoms with Crippen LogP contribution in [0.2, 0.25) is 0 Å². The van der Waals surface area contributed by atoms with Crippen LogP contribution in [-0.2, 0) is 0 Å². The molecule has 0 aliphatic heterocycles. The fourth-order valence-electron chi connectivity index (χ4n) is 2.43. The molecule has 0 saturated heterocycles. The van der Waals surface area contributed by atoms with Crippen LogP contribution in [0.3, 0.4) is 0 Å². The number of benzene rings is 1. The van der Waals surface area contributed by atoms with Crippen LogP contribution >= 0.6 is 0 Å². The molecule has 2 heteroatoms. The van der Waals surface area contributed by atoms with Crippen LogP contribution in [0.1, 0.15) is 43.4 Å². The van der Waals surface area contributed by atoms with E-state index in [1.807, 2.05) is 0 Å². The van der Waals surface area contributed by atoms with E-state index in [9.17, 15) is 0 Å². The Bertz CT molecular complexity index is 360. The van der Waals surface area contributed by atoms with Crippen molar-refractivity contribution >= 4 is 0 Å². The van der Waals surface area contributed by atoms with E-state index in [1.54, 1.807) is 0 Å². The number of aliphatic hydroxyl groups excluding tert-OH is 1. The normalized spacial score (nSPS) is 19.0. The summed E-state index contributed by atoms with van der Waals surface area (Å²) in [6, 6.07) is 9.49. The van der Waals surface area contributed by atoms with Crippen LogP contribution in [0.25, 0.3) is 0 Å². The molecule has 2 unspecified atom stereocenters. The van der Waals surface area contributed by atoms with Crippen molar-refractivity contribution in [2.75, 3.05) is 6.61 Å². The first-order chi connectivity index (χ1) is 8.22.